The molecule has 0 bridgehead atoms. The molecule has 2 amide bonds. The normalized spacial score (nSPS) is 14.2. The monoisotopic (exact) mass is 420 g/mol. The van der Waals surface area contributed by atoms with E-state index in [2.05, 4.69) is 10.3 Å². The number of hydrogen-bond acceptors (Lipinski definition) is 6. The molecule has 1 aromatic heterocycles. The predicted molar refractivity (Wildman–Crippen MR) is 105 cm³/mol. The van der Waals surface area contributed by atoms with Gasteiger partial charge in [-0.3, -0.25) is 14.5 Å². The molecule has 0 radical (unpaired) electrons. The van der Waals surface area contributed by atoms with Crippen LogP contribution in [0.2, 0.25) is 0 Å². The maximum Gasteiger partial charge on any atom is 0.416 e. The lowest BCUT2D eigenvalue weighted by molar-refractivity contribution is -0.138. The van der Waals surface area contributed by atoms with Crippen LogP contribution in [0.4, 0.5) is 24.7 Å². The van der Waals surface area contributed by atoms with Crippen molar-refractivity contribution in [3.63, 3.8) is 0 Å². The van der Waals surface area contributed by atoms with E-state index in [0.717, 1.165) is 23.1 Å². The molecule has 0 fully saturated rings. The highest BCUT2D eigenvalue weighted by Gasteiger charge is 2.32. The number of alkyl halides is 3. The van der Waals surface area contributed by atoms with Gasteiger partial charge in [-0.05, 0) is 24.3 Å². The molecule has 0 saturated carbocycles. The van der Waals surface area contributed by atoms with Gasteiger partial charge in [0.2, 0.25) is 0 Å². The van der Waals surface area contributed by atoms with Crippen LogP contribution in [-0.2, 0) is 15.8 Å². The first-order valence-corrected chi connectivity index (χ1v) is 8.92. The first-order chi connectivity index (χ1) is 14.1. The van der Waals surface area contributed by atoms with E-state index in [1.165, 1.54) is 4.90 Å². The van der Waals surface area contributed by atoms with Gasteiger partial charge in [0, 0.05) is 31.4 Å². The Morgan fingerprint density at radius 3 is 2.37 bits per heavy atom. The van der Waals surface area contributed by atoms with Gasteiger partial charge in [-0.1, -0.05) is 12.1 Å². The van der Waals surface area contributed by atoms with E-state index in [0.29, 0.717) is 11.3 Å². The van der Waals surface area contributed by atoms with E-state index < -0.39 is 23.6 Å². The number of aliphatic hydroxyl groups excluding tert-OH is 1. The van der Waals surface area contributed by atoms with Crippen LogP contribution in [0.3, 0.4) is 0 Å². The number of nitrogens with zero attached hydrogens (tertiary/aromatic N) is 3. The lowest BCUT2D eigenvalue weighted by atomic mass is 10.1. The maximum atomic E-state index is 13.2. The van der Waals surface area contributed by atoms with E-state index in [9.17, 15) is 22.8 Å². The highest BCUT2D eigenvalue weighted by atomic mass is 19.4. The van der Waals surface area contributed by atoms with Crippen LogP contribution in [0.15, 0.2) is 48.2 Å². The molecule has 0 saturated heterocycles. The Balaban J connectivity index is 1.84. The fourth-order valence-corrected chi connectivity index (χ4v) is 2.85. The van der Waals surface area contributed by atoms with Gasteiger partial charge in [-0.2, -0.15) is 13.2 Å². The van der Waals surface area contributed by atoms with Crippen molar-refractivity contribution in [2.45, 2.75) is 6.18 Å². The Labute approximate surface area is 170 Å². The zero-order valence-corrected chi connectivity index (χ0v) is 16.2. The molecule has 1 aliphatic heterocycles. The van der Waals surface area contributed by atoms with Gasteiger partial charge in [0.05, 0.1) is 24.4 Å². The van der Waals surface area contributed by atoms with Crippen molar-refractivity contribution in [1.29, 1.82) is 0 Å². The van der Waals surface area contributed by atoms with Crippen molar-refractivity contribution in [3.05, 3.63) is 53.7 Å². The van der Waals surface area contributed by atoms with Gasteiger partial charge in [-0.25, -0.2) is 4.98 Å². The number of aliphatic hydroxyl groups is 1. The maximum absolute atomic E-state index is 13.2. The zero-order chi connectivity index (χ0) is 22.1. The number of amides is 2. The second kappa shape index (κ2) is 8.15. The number of carbonyl (C=O) groups is 2. The average Bonchev–Trinajstić information content (AvgIpc) is 2.95. The van der Waals surface area contributed by atoms with Crippen LogP contribution < -0.4 is 10.2 Å². The quantitative estimate of drug-likeness (QED) is 0.699. The van der Waals surface area contributed by atoms with Gasteiger partial charge < -0.3 is 15.3 Å². The number of anilines is 2. The summed E-state index contributed by atoms with van der Waals surface area (Å²) in [5.74, 6) is -0.919. The highest BCUT2D eigenvalue weighted by molar-refractivity contribution is 6.17. The Hall–Kier alpha value is -3.40. The number of pyridine rings is 1. The van der Waals surface area contributed by atoms with Gasteiger partial charge in [0.15, 0.2) is 0 Å². The summed E-state index contributed by atoms with van der Waals surface area (Å²) in [6.07, 6.45) is -3.38. The Bertz CT molecular complexity index is 1000. The molecular weight excluding hydrogens is 401 g/mol. The van der Waals surface area contributed by atoms with E-state index in [1.807, 2.05) is 0 Å². The van der Waals surface area contributed by atoms with Gasteiger partial charge in [0.25, 0.3) is 11.8 Å². The molecule has 0 spiro atoms. The summed E-state index contributed by atoms with van der Waals surface area (Å²) < 4.78 is 39.7. The summed E-state index contributed by atoms with van der Waals surface area (Å²) in [7, 11) is 3.21. The van der Waals surface area contributed by atoms with Crippen LogP contribution in [0.5, 0.6) is 0 Å². The molecule has 2 N–H and O–H groups in total. The Kier molecular flexibility index (Phi) is 5.79. The molecule has 1 aliphatic rings. The minimum Gasteiger partial charge on any atom is -0.395 e. The molecule has 2 aromatic rings. The molecule has 0 unspecified atom stereocenters. The van der Waals surface area contributed by atoms with Crippen LogP contribution >= 0.6 is 0 Å². The van der Waals surface area contributed by atoms with Crippen LogP contribution in [0.25, 0.3) is 11.3 Å². The van der Waals surface area contributed by atoms with Crippen molar-refractivity contribution in [2.24, 2.45) is 0 Å². The molecule has 3 rings (SSSR count). The van der Waals surface area contributed by atoms with Gasteiger partial charge in [-0.15, -0.1) is 0 Å². The lowest BCUT2D eigenvalue weighted by Crippen LogP contribution is -2.34. The smallest absolute Gasteiger partial charge is 0.395 e. The summed E-state index contributed by atoms with van der Waals surface area (Å²) in [4.78, 5) is 30.6. The number of rotatable bonds is 6. The van der Waals surface area contributed by atoms with Gasteiger partial charge in [0.1, 0.15) is 11.5 Å². The third kappa shape index (κ3) is 4.43. The fourth-order valence-electron chi connectivity index (χ4n) is 2.85. The Morgan fingerprint density at radius 2 is 1.80 bits per heavy atom. The first-order valence-electron chi connectivity index (χ1n) is 8.92. The SMILES string of the molecule is CN(C)c1cc(C(F)(F)F)cc(-c2ccc(NC3=CC(=O)N(CCO)C3=O)cc2)n1. The lowest BCUT2D eigenvalue weighted by Gasteiger charge is -2.16. The minimum absolute atomic E-state index is 0.0493. The van der Waals surface area contributed by atoms with Crippen molar-refractivity contribution in [2.75, 3.05) is 37.5 Å². The van der Waals surface area contributed by atoms with Crippen LogP contribution in [0.1, 0.15) is 5.56 Å². The van der Waals surface area contributed by atoms with Gasteiger partial charge >= 0.3 is 6.18 Å². The van der Waals surface area contributed by atoms with Crippen LogP contribution in [0, 0.1) is 0 Å². The molecule has 2 heterocycles. The Morgan fingerprint density at radius 1 is 1.13 bits per heavy atom. The van der Waals surface area contributed by atoms with Crippen molar-refractivity contribution < 1.29 is 27.9 Å². The number of aromatic nitrogens is 1. The van der Waals surface area contributed by atoms with Crippen molar-refractivity contribution in [1.82, 2.24) is 9.88 Å². The highest BCUT2D eigenvalue weighted by Crippen LogP contribution is 2.34. The number of carbonyl (C=O) groups excluding carboxylic acids is 2. The summed E-state index contributed by atoms with van der Waals surface area (Å²) in [6.45, 7) is -0.445. The standard InChI is InChI=1S/C20H19F3N4O3/c1-26(2)17-10-13(20(21,22)23)9-15(25-17)12-3-5-14(6-4-12)24-16-11-18(29)27(7-8-28)19(16)30/h3-6,9-11,24,28H,7-8H2,1-2H3. The second-order valence-corrected chi connectivity index (χ2v) is 6.77. The molecule has 158 valence electrons. The number of hydrogen-bond donors (Lipinski definition) is 2. The van der Waals surface area contributed by atoms with Crippen molar-refractivity contribution >= 4 is 23.3 Å². The van der Waals surface area contributed by atoms with E-state index in [1.54, 1.807) is 38.4 Å². The number of halogens is 3. The summed E-state index contributed by atoms with van der Waals surface area (Å²) in [5, 5.41) is 11.7. The van der Waals surface area contributed by atoms with Crippen molar-refractivity contribution in [3.8, 4) is 11.3 Å². The largest absolute Gasteiger partial charge is 0.416 e. The molecule has 30 heavy (non-hydrogen) atoms. The number of β-amino-alcohol motifs (C(OH)–C–C–N with tert-alkyl or cyclic N) is 1. The predicted octanol–water partition coefficient (Wildman–Crippen LogP) is 2.49. The third-order valence-corrected chi connectivity index (χ3v) is 4.39. The van der Waals surface area contributed by atoms with E-state index in [4.69, 9.17) is 5.11 Å². The molecule has 7 nitrogen and oxygen atoms in total. The minimum atomic E-state index is -4.51. The van der Waals surface area contributed by atoms with E-state index >= 15 is 0 Å². The fraction of sp³-hybridized carbons (Fsp3) is 0.250. The molecule has 1 aromatic carbocycles. The third-order valence-electron chi connectivity index (χ3n) is 4.39. The van der Waals surface area contributed by atoms with Crippen LogP contribution in [-0.4, -0.2) is 54.1 Å². The summed E-state index contributed by atoms with van der Waals surface area (Å²) >= 11 is 0. The van der Waals surface area contributed by atoms with E-state index in [-0.39, 0.29) is 30.4 Å². The molecule has 0 atom stereocenters. The molecular formula is C20H19F3N4O3. The zero-order valence-electron chi connectivity index (χ0n) is 16.2. The topological polar surface area (TPSA) is 85.8 Å². The molecule has 0 aliphatic carbocycles. The summed E-state index contributed by atoms with van der Waals surface area (Å²) in [6, 6.07) is 8.23. The second-order valence-electron chi connectivity index (χ2n) is 6.77. The number of imide groups is 1. The number of benzene rings is 1. The number of nitrogens with one attached hydrogen (secondary N) is 1. The first kappa shape index (κ1) is 21.3. The molecule has 10 heteroatoms. The summed E-state index contributed by atoms with van der Waals surface area (Å²) in [5.41, 5.74) is 0.327. The average molecular weight is 420 g/mol.